The molecule has 0 saturated carbocycles. The van der Waals surface area contributed by atoms with Crippen LogP contribution in [0.25, 0.3) is 0 Å². The van der Waals surface area contributed by atoms with E-state index >= 15 is 0 Å². The Hall–Kier alpha value is -1.20. The zero-order valence-corrected chi connectivity index (χ0v) is 12.6. The van der Waals surface area contributed by atoms with Gasteiger partial charge in [-0.2, -0.15) is 5.10 Å². The molecule has 1 atom stereocenters. The first-order valence-corrected chi connectivity index (χ1v) is 6.61. The lowest BCUT2D eigenvalue weighted by Crippen LogP contribution is -2.23. The Bertz CT molecular complexity index is 543. The van der Waals surface area contributed by atoms with Crippen LogP contribution in [0.15, 0.2) is 22.9 Å². The number of pyridine rings is 1. The molecule has 0 amide bonds. The standard InChI is InChI=1S/C13H17BrN4/c1-8-5-9(2)11(16-6-8)12(15-3)13-10(14)7-17-18(13)4/h5-7,12,15H,1-4H3. The average molecular weight is 309 g/mol. The topological polar surface area (TPSA) is 42.7 Å². The van der Waals surface area contributed by atoms with Gasteiger partial charge in [0.15, 0.2) is 0 Å². The molecule has 2 aromatic rings. The maximum atomic E-state index is 4.56. The molecule has 1 N–H and O–H groups in total. The molecule has 0 fully saturated rings. The molecular formula is C13H17BrN4. The fourth-order valence-electron chi connectivity index (χ4n) is 2.18. The highest BCUT2D eigenvalue weighted by Gasteiger charge is 2.21. The number of hydrogen-bond acceptors (Lipinski definition) is 3. The predicted molar refractivity (Wildman–Crippen MR) is 75.5 cm³/mol. The summed E-state index contributed by atoms with van der Waals surface area (Å²) < 4.78 is 2.86. The monoisotopic (exact) mass is 308 g/mol. The molecule has 0 bridgehead atoms. The Morgan fingerprint density at radius 2 is 2.06 bits per heavy atom. The molecule has 0 aliphatic carbocycles. The van der Waals surface area contributed by atoms with Crippen molar-refractivity contribution in [2.24, 2.45) is 7.05 Å². The highest BCUT2D eigenvalue weighted by Crippen LogP contribution is 2.28. The van der Waals surface area contributed by atoms with Crippen LogP contribution < -0.4 is 5.32 Å². The van der Waals surface area contributed by atoms with E-state index in [1.807, 2.05) is 31.2 Å². The smallest absolute Gasteiger partial charge is 0.0933 e. The van der Waals surface area contributed by atoms with Gasteiger partial charge in [-0.1, -0.05) is 6.07 Å². The van der Waals surface area contributed by atoms with Gasteiger partial charge in [-0.3, -0.25) is 9.67 Å². The van der Waals surface area contributed by atoms with Gasteiger partial charge >= 0.3 is 0 Å². The molecule has 0 saturated heterocycles. The van der Waals surface area contributed by atoms with E-state index in [1.165, 1.54) is 11.1 Å². The molecule has 96 valence electrons. The van der Waals surface area contributed by atoms with E-state index in [2.05, 4.69) is 51.2 Å². The largest absolute Gasteiger partial charge is 0.307 e. The van der Waals surface area contributed by atoms with Crippen LogP contribution in [0.5, 0.6) is 0 Å². The van der Waals surface area contributed by atoms with E-state index in [1.54, 1.807) is 0 Å². The number of nitrogens with one attached hydrogen (secondary N) is 1. The lowest BCUT2D eigenvalue weighted by Gasteiger charge is -2.19. The number of nitrogens with zero attached hydrogens (tertiary/aromatic N) is 3. The fraction of sp³-hybridized carbons (Fsp3) is 0.385. The molecular weight excluding hydrogens is 292 g/mol. The van der Waals surface area contributed by atoms with Crippen LogP contribution in [0, 0.1) is 13.8 Å². The number of rotatable bonds is 3. The normalized spacial score (nSPS) is 12.7. The number of aromatic nitrogens is 3. The Balaban J connectivity index is 2.52. The number of aryl methyl sites for hydroxylation is 3. The van der Waals surface area contributed by atoms with Crippen LogP contribution in [0.2, 0.25) is 0 Å². The van der Waals surface area contributed by atoms with E-state index in [9.17, 15) is 0 Å². The molecule has 1 unspecified atom stereocenters. The lowest BCUT2D eigenvalue weighted by molar-refractivity contribution is 0.589. The molecule has 0 aliphatic rings. The van der Waals surface area contributed by atoms with Crippen LogP contribution in [-0.4, -0.2) is 21.8 Å². The number of halogens is 1. The van der Waals surface area contributed by atoms with Crippen molar-refractivity contribution in [2.45, 2.75) is 19.9 Å². The van der Waals surface area contributed by atoms with Gasteiger partial charge in [0.25, 0.3) is 0 Å². The molecule has 5 heteroatoms. The summed E-state index contributed by atoms with van der Waals surface area (Å²) in [6.07, 6.45) is 3.71. The van der Waals surface area contributed by atoms with Crippen molar-refractivity contribution < 1.29 is 0 Å². The van der Waals surface area contributed by atoms with E-state index < -0.39 is 0 Å². The molecule has 4 nitrogen and oxygen atoms in total. The first kappa shape index (κ1) is 13.2. The van der Waals surface area contributed by atoms with Crippen LogP contribution in [-0.2, 0) is 7.05 Å². The summed E-state index contributed by atoms with van der Waals surface area (Å²) in [4.78, 5) is 4.56. The molecule has 2 aromatic heterocycles. The lowest BCUT2D eigenvalue weighted by atomic mass is 10.0. The average Bonchev–Trinajstić information content (AvgIpc) is 2.64. The SMILES string of the molecule is CNC(c1ncc(C)cc1C)c1c(Br)cnn1C. The van der Waals surface area contributed by atoms with E-state index in [4.69, 9.17) is 0 Å². The van der Waals surface area contributed by atoms with Crippen molar-refractivity contribution in [1.29, 1.82) is 0 Å². The third-order valence-corrected chi connectivity index (χ3v) is 3.64. The van der Waals surface area contributed by atoms with E-state index in [-0.39, 0.29) is 6.04 Å². The summed E-state index contributed by atoms with van der Waals surface area (Å²) in [5.41, 5.74) is 4.47. The maximum absolute atomic E-state index is 4.56. The van der Waals surface area contributed by atoms with Gasteiger partial charge in [0, 0.05) is 13.2 Å². The predicted octanol–water partition coefficient (Wildman–Crippen LogP) is 2.50. The number of hydrogen-bond donors (Lipinski definition) is 1. The van der Waals surface area contributed by atoms with Crippen molar-refractivity contribution in [1.82, 2.24) is 20.1 Å². The Kier molecular flexibility index (Phi) is 3.82. The van der Waals surface area contributed by atoms with Crippen molar-refractivity contribution in [3.05, 3.63) is 45.4 Å². The molecule has 0 aliphatic heterocycles. The van der Waals surface area contributed by atoms with Crippen LogP contribution in [0.1, 0.15) is 28.6 Å². The van der Waals surface area contributed by atoms with Gasteiger partial charge in [-0.15, -0.1) is 0 Å². The minimum absolute atomic E-state index is 0.0347. The Morgan fingerprint density at radius 1 is 1.33 bits per heavy atom. The second-order valence-electron chi connectivity index (χ2n) is 4.44. The van der Waals surface area contributed by atoms with Gasteiger partial charge in [-0.05, 0) is 48.0 Å². The molecule has 2 heterocycles. The Labute approximate surface area is 116 Å². The molecule has 0 aromatic carbocycles. The van der Waals surface area contributed by atoms with Crippen molar-refractivity contribution in [3.8, 4) is 0 Å². The van der Waals surface area contributed by atoms with Crippen molar-refractivity contribution in [3.63, 3.8) is 0 Å². The third-order valence-electron chi connectivity index (χ3n) is 3.03. The van der Waals surface area contributed by atoms with E-state index in [0.717, 1.165) is 15.9 Å². The minimum Gasteiger partial charge on any atom is -0.307 e. The first-order valence-electron chi connectivity index (χ1n) is 5.82. The van der Waals surface area contributed by atoms with Gasteiger partial charge in [0.1, 0.15) is 0 Å². The summed E-state index contributed by atoms with van der Waals surface area (Å²) in [5.74, 6) is 0. The van der Waals surface area contributed by atoms with Gasteiger partial charge in [0.05, 0.1) is 28.1 Å². The van der Waals surface area contributed by atoms with Crippen molar-refractivity contribution >= 4 is 15.9 Å². The summed E-state index contributed by atoms with van der Waals surface area (Å²) >= 11 is 3.54. The first-order chi connectivity index (χ1) is 8.54. The third kappa shape index (κ3) is 2.33. The Morgan fingerprint density at radius 3 is 2.56 bits per heavy atom. The summed E-state index contributed by atoms with van der Waals surface area (Å²) in [5, 5.41) is 7.57. The summed E-state index contributed by atoms with van der Waals surface area (Å²) in [6.45, 7) is 4.14. The summed E-state index contributed by atoms with van der Waals surface area (Å²) in [6, 6.07) is 2.18. The van der Waals surface area contributed by atoms with Gasteiger partial charge in [0.2, 0.25) is 0 Å². The molecule has 18 heavy (non-hydrogen) atoms. The quantitative estimate of drug-likeness (QED) is 0.947. The van der Waals surface area contributed by atoms with Crippen LogP contribution in [0.4, 0.5) is 0 Å². The fourth-order valence-corrected chi connectivity index (χ4v) is 2.75. The van der Waals surface area contributed by atoms with E-state index in [0.29, 0.717) is 0 Å². The van der Waals surface area contributed by atoms with Crippen LogP contribution >= 0.6 is 15.9 Å². The van der Waals surface area contributed by atoms with Gasteiger partial charge in [-0.25, -0.2) is 0 Å². The zero-order chi connectivity index (χ0) is 13.3. The maximum Gasteiger partial charge on any atom is 0.0933 e. The highest BCUT2D eigenvalue weighted by atomic mass is 79.9. The van der Waals surface area contributed by atoms with Crippen LogP contribution in [0.3, 0.4) is 0 Å². The molecule has 0 spiro atoms. The highest BCUT2D eigenvalue weighted by molar-refractivity contribution is 9.10. The second-order valence-corrected chi connectivity index (χ2v) is 5.29. The van der Waals surface area contributed by atoms with Crippen molar-refractivity contribution in [2.75, 3.05) is 7.05 Å². The molecule has 0 radical (unpaired) electrons. The molecule has 2 rings (SSSR count). The minimum atomic E-state index is 0.0347. The van der Waals surface area contributed by atoms with Gasteiger partial charge < -0.3 is 5.32 Å². The summed E-state index contributed by atoms with van der Waals surface area (Å²) in [7, 11) is 3.87. The second kappa shape index (κ2) is 5.20. The zero-order valence-electron chi connectivity index (χ0n) is 11.0.